The normalized spacial score (nSPS) is 11.8. The molecule has 0 bridgehead atoms. The van der Waals surface area contributed by atoms with Gasteiger partial charge in [0.15, 0.2) is 6.10 Å². The monoisotopic (exact) mass is 378 g/mol. The van der Waals surface area contributed by atoms with Gasteiger partial charge in [0.2, 0.25) is 0 Å². The quantitative estimate of drug-likeness (QED) is 0.639. The molecule has 2 N–H and O–H groups in total. The molecular weight excluding hydrogens is 356 g/mol. The van der Waals surface area contributed by atoms with Crippen molar-refractivity contribution >= 4 is 22.8 Å². The van der Waals surface area contributed by atoms with E-state index in [0.717, 1.165) is 12.0 Å². The van der Waals surface area contributed by atoms with Crippen LogP contribution in [0.3, 0.4) is 0 Å². The number of phenols is 1. The van der Waals surface area contributed by atoms with E-state index in [0.29, 0.717) is 28.7 Å². The maximum atomic E-state index is 12.8. The van der Waals surface area contributed by atoms with E-state index in [2.05, 4.69) is 10.3 Å². The lowest BCUT2D eigenvalue weighted by molar-refractivity contribution is -0.129. The maximum Gasteiger partial charge on any atom is 0.339 e. The molecule has 3 rings (SSSR count). The number of hydrogen-bond donors (Lipinski definition) is 2. The molecule has 6 nitrogen and oxygen atoms in total. The second kappa shape index (κ2) is 8.52. The highest BCUT2D eigenvalue weighted by Crippen LogP contribution is 2.26. The molecule has 1 atom stereocenters. The second-order valence-electron chi connectivity index (χ2n) is 6.46. The standard InChI is InChI=1S/C22H22N2O4/c1-3-12-23-21(26)14(2)28-22(27)18-13-20(15-8-10-16(25)11-9-15)24-19-7-5-4-6-17(18)19/h4-11,13-14,25H,3,12H2,1-2H3,(H,23,26)/t14-/m1/s1. The minimum Gasteiger partial charge on any atom is -0.508 e. The number of esters is 1. The Morgan fingerprint density at radius 1 is 1.14 bits per heavy atom. The highest BCUT2D eigenvalue weighted by atomic mass is 16.5. The summed E-state index contributed by atoms with van der Waals surface area (Å²) in [4.78, 5) is 29.4. The highest BCUT2D eigenvalue weighted by Gasteiger charge is 2.21. The van der Waals surface area contributed by atoms with Gasteiger partial charge in [-0.1, -0.05) is 25.1 Å². The molecule has 144 valence electrons. The zero-order valence-corrected chi connectivity index (χ0v) is 15.8. The Morgan fingerprint density at radius 3 is 2.57 bits per heavy atom. The van der Waals surface area contributed by atoms with Gasteiger partial charge >= 0.3 is 5.97 Å². The number of phenolic OH excluding ortho intramolecular Hbond substituents is 1. The summed E-state index contributed by atoms with van der Waals surface area (Å²) < 4.78 is 5.39. The first kappa shape index (κ1) is 19.4. The van der Waals surface area contributed by atoms with Crippen molar-refractivity contribution in [2.45, 2.75) is 26.4 Å². The topological polar surface area (TPSA) is 88.5 Å². The molecule has 0 spiro atoms. The summed E-state index contributed by atoms with van der Waals surface area (Å²) in [6, 6.07) is 15.5. The molecular formula is C22H22N2O4. The SMILES string of the molecule is CCCNC(=O)[C@@H](C)OC(=O)c1cc(-c2ccc(O)cc2)nc2ccccc12. The number of ether oxygens (including phenoxy) is 1. The number of fused-ring (bicyclic) bond motifs is 1. The van der Waals surface area contributed by atoms with Gasteiger partial charge in [-0.15, -0.1) is 0 Å². The average molecular weight is 378 g/mol. The Bertz CT molecular complexity index is 999. The maximum absolute atomic E-state index is 12.8. The Hall–Kier alpha value is -3.41. The third-order valence-electron chi connectivity index (χ3n) is 4.30. The Kier molecular flexibility index (Phi) is 5.89. The molecule has 0 aliphatic heterocycles. The summed E-state index contributed by atoms with van der Waals surface area (Å²) in [5, 5.41) is 12.9. The first-order valence-corrected chi connectivity index (χ1v) is 9.17. The molecule has 0 fully saturated rings. The molecule has 0 aliphatic rings. The fraction of sp³-hybridized carbons (Fsp3) is 0.227. The van der Waals surface area contributed by atoms with Crippen LogP contribution in [0.15, 0.2) is 54.6 Å². The third kappa shape index (κ3) is 4.28. The van der Waals surface area contributed by atoms with Gasteiger partial charge in [0.05, 0.1) is 16.8 Å². The molecule has 0 aliphatic carbocycles. The lowest BCUT2D eigenvalue weighted by Crippen LogP contribution is -2.36. The fourth-order valence-corrected chi connectivity index (χ4v) is 2.79. The van der Waals surface area contributed by atoms with Gasteiger partial charge in [0.1, 0.15) is 5.75 Å². The van der Waals surface area contributed by atoms with Gasteiger partial charge in [-0.25, -0.2) is 9.78 Å². The van der Waals surface area contributed by atoms with Gasteiger partial charge in [0, 0.05) is 17.5 Å². The van der Waals surface area contributed by atoms with Crippen molar-refractivity contribution in [3.8, 4) is 17.0 Å². The van der Waals surface area contributed by atoms with Crippen LogP contribution in [-0.4, -0.2) is 34.6 Å². The van der Waals surface area contributed by atoms with Crippen molar-refractivity contribution in [3.05, 3.63) is 60.2 Å². The van der Waals surface area contributed by atoms with Crippen LogP contribution < -0.4 is 5.32 Å². The van der Waals surface area contributed by atoms with Crippen LogP contribution in [0.2, 0.25) is 0 Å². The van der Waals surface area contributed by atoms with Crippen LogP contribution in [0.4, 0.5) is 0 Å². The lowest BCUT2D eigenvalue weighted by atomic mass is 10.0. The van der Waals surface area contributed by atoms with E-state index in [4.69, 9.17) is 4.74 Å². The van der Waals surface area contributed by atoms with Crippen LogP contribution in [-0.2, 0) is 9.53 Å². The van der Waals surface area contributed by atoms with E-state index >= 15 is 0 Å². The van der Waals surface area contributed by atoms with Gasteiger partial charge in [-0.2, -0.15) is 0 Å². The van der Waals surface area contributed by atoms with E-state index in [-0.39, 0.29) is 11.7 Å². The van der Waals surface area contributed by atoms with Gasteiger partial charge < -0.3 is 15.2 Å². The largest absolute Gasteiger partial charge is 0.508 e. The zero-order chi connectivity index (χ0) is 20.1. The molecule has 6 heteroatoms. The zero-order valence-electron chi connectivity index (χ0n) is 15.8. The highest BCUT2D eigenvalue weighted by molar-refractivity contribution is 6.05. The Labute approximate surface area is 163 Å². The van der Waals surface area contributed by atoms with Gasteiger partial charge in [0.25, 0.3) is 5.91 Å². The number of amides is 1. The number of para-hydroxylation sites is 1. The molecule has 28 heavy (non-hydrogen) atoms. The third-order valence-corrected chi connectivity index (χ3v) is 4.30. The predicted octanol–water partition coefficient (Wildman–Crippen LogP) is 3.68. The average Bonchev–Trinajstić information content (AvgIpc) is 2.71. The smallest absolute Gasteiger partial charge is 0.339 e. The van der Waals surface area contributed by atoms with Crippen molar-refractivity contribution in [2.24, 2.45) is 0 Å². The number of pyridine rings is 1. The van der Waals surface area contributed by atoms with E-state index in [1.165, 1.54) is 0 Å². The fourth-order valence-electron chi connectivity index (χ4n) is 2.79. The van der Waals surface area contributed by atoms with Crippen LogP contribution in [0, 0.1) is 0 Å². The number of carbonyl (C=O) groups excluding carboxylic acids is 2. The number of nitrogens with zero attached hydrogens (tertiary/aromatic N) is 1. The number of rotatable bonds is 6. The number of aromatic nitrogens is 1. The Morgan fingerprint density at radius 2 is 1.86 bits per heavy atom. The summed E-state index contributed by atoms with van der Waals surface area (Å²) in [5.41, 5.74) is 2.31. The first-order valence-electron chi connectivity index (χ1n) is 9.17. The number of carbonyl (C=O) groups is 2. The molecule has 1 aromatic heterocycles. The van der Waals surface area contributed by atoms with Crippen molar-refractivity contribution in [2.75, 3.05) is 6.54 Å². The van der Waals surface area contributed by atoms with Crippen LogP contribution in [0.1, 0.15) is 30.6 Å². The molecule has 0 saturated heterocycles. The minimum atomic E-state index is -0.900. The lowest BCUT2D eigenvalue weighted by Gasteiger charge is -2.15. The van der Waals surface area contributed by atoms with Crippen LogP contribution in [0.25, 0.3) is 22.2 Å². The Balaban J connectivity index is 1.96. The van der Waals surface area contributed by atoms with E-state index in [1.54, 1.807) is 43.3 Å². The summed E-state index contributed by atoms with van der Waals surface area (Å²) in [7, 11) is 0. The van der Waals surface area contributed by atoms with Gasteiger partial charge in [-0.3, -0.25) is 4.79 Å². The number of benzene rings is 2. The van der Waals surface area contributed by atoms with Crippen LogP contribution in [0.5, 0.6) is 5.75 Å². The number of aromatic hydroxyl groups is 1. The molecule has 1 amide bonds. The number of hydrogen-bond acceptors (Lipinski definition) is 5. The minimum absolute atomic E-state index is 0.149. The molecule has 0 saturated carbocycles. The van der Waals surface area contributed by atoms with Crippen molar-refractivity contribution in [3.63, 3.8) is 0 Å². The molecule has 0 radical (unpaired) electrons. The predicted molar refractivity (Wildman–Crippen MR) is 107 cm³/mol. The van der Waals surface area contributed by atoms with Gasteiger partial charge in [-0.05, 0) is 49.7 Å². The molecule has 0 unspecified atom stereocenters. The van der Waals surface area contributed by atoms with Crippen molar-refractivity contribution in [1.82, 2.24) is 10.3 Å². The van der Waals surface area contributed by atoms with Crippen molar-refractivity contribution in [1.29, 1.82) is 0 Å². The molecule has 2 aromatic carbocycles. The molecule has 1 heterocycles. The summed E-state index contributed by atoms with van der Waals surface area (Å²) in [6.45, 7) is 4.03. The summed E-state index contributed by atoms with van der Waals surface area (Å²) in [5.74, 6) is -0.763. The van der Waals surface area contributed by atoms with E-state index in [9.17, 15) is 14.7 Å². The van der Waals surface area contributed by atoms with E-state index < -0.39 is 12.1 Å². The number of nitrogens with one attached hydrogen (secondary N) is 1. The summed E-state index contributed by atoms with van der Waals surface area (Å²) >= 11 is 0. The van der Waals surface area contributed by atoms with Crippen LogP contribution >= 0.6 is 0 Å². The summed E-state index contributed by atoms with van der Waals surface area (Å²) in [6.07, 6.45) is -0.0969. The molecule has 3 aromatic rings. The van der Waals surface area contributed by atoms with E-state index in [1.807, 2.05) is 25.1 Å². The first-order chi connectivity index (χ1) is 13.5. The van der Waals surface area contributed by atoms with Crippen molar-refractivity contribution < 1.29 is 19.4 Å². The second-order valence-corrected chi connectivity index (χ2v) is 6.46.